The summed E-state index contributed by atoms with van der Waals surface area (Å²) >= 11 is 0. The molecule has 0 fully saturated rings. The van der Waals surface area contributed by atoms with Crippen LogP contribution in [0.3, 0.4) is 0 Å². The monoisotopic (exact) mass is 215 g/mol. The smallest absolute Gasteiger partial charge is 0.136 e. The van der Waals surface area contributed by atoms with Gasteiger partial charge in [-0.25, -0.2) is 0 Å². The van der Waals surface area contributed by atoms with Gasteiger partial charge in [0.15, 0.2) is 0 Å². The van der Waals surface area contributed by atoms with E-state index in [2.05, 4.69) is 4.90 Å². The van der Waals surface area contributed by atoms with Gasteiger partial charge in [-0.3, -0.25) is 4.79 Å². The molecular weight excluding hydrogens is 190 g/mol. The molecule has 0 aliphatic rings. The van der Waals surface area contributed by atoms with E-state index < -0.39 is 0 Å². The number of nitrogens with zero attached hydrogens (tertiary/aromatic N) is 1. The highest BCUT2D eigenvalue weighted by Crippen LogP contribution is 2.17. The highest BCUT2D eigenvalue weighted by molar-refractivity contribution is 5.81. The molecule has 0 bridgehead atoms. The van der Waals surface area contributed by atoms with E-state index in [9.17, 15) is 4.79 Å². The molecule has 3 heteroatoms. The van der Waals surface area contributed by atoms with Crippen molar-refractivity contribution in [3.63, 3.8) is 0 Å². The molecule has 0 aromatic heterocycles. The van der Waals surface area contributed by atoms with Crippen LogP contribution in [0.5, 0.6) is 0 Å². The van der Waals surface area contributed by atoms with Crippen LogP contribution < -0.4 is 0 Å². The van der Waals surface area contributed by atoms with Crippen molar-refractivity contribution in [1.82, 2.24) is 4.90 Å². The number of ketones is 1. The van der Waals surface area contributed by atoms with E-state index in [-0.39, 0.29) is 17.8 Å². The first-order valence-electron chi connectivity index (χ1n) is 5.70. The predicted octanol–water partition coefficient (Wildman–Crippen LogP) is 1.70. The van der Waals surface area contributed by atoms with E-state index in [0.717, 1.165) is 32.4 Å². The molecule has 0 unspecified atom stereocenters. The maximum Gasteiger partial charge on any atom is 0.136 e. The predicted molar refractivity (Wildman–Crippen MR) is 62.9 cm³/mol. The van der Waals surface area contributed by atoms with Gasteiger partial charge in [-0.1, -0.05) is 13.8 Å². The van der Waals surface area contributed by atoms with E-state index in [4.69, 9.17) is 5.11 Å². The number of carbonyl (C=O) groups is 1. The van der Waals surface area contributed by atoms with Gasteiger partial charge in [0.25, 0.3) is 0 Å². The number of aliphatic hydroxyl groups is 1. The molecule has 1 N–H and O–H groups in total. The van der Waals surface area contributed by atoms with Gasteiger partial charge in [-0.2, -0.15) is 0 Å². The minimum atomic E-state index is -0.244. The quantitative estimate of drug-likeness (QED) is 0.626. The van der Waals surface area contributed by atoms with Gasteiger partial charge in [0.05, 0.1) is 0 Å². The lowest BCUT2D eigenvalue weighted by Gasteiger charge is -2.27. The van der Waals surface area contributed by atoms with Crippen molar-refractivity contribution in [2.24, 2.45) is 5.41 Å². The summed E-state index contributed by atoms with van der Waals surface area (Å²) in [6.45, 7) is 7.71. The Labute approximate surface area is 93.5 Å². The lowest BCUT2D eigenvalue weighted by atomic mass is 9.88. The van der Waals surface area contributed by atoms with Crippen LogP contribution in [0.2, 0.25) is 0 Å². The van der Waals surface area contributed by atoms with Gasteiger partial charge in [-0.05, 0) is 39.8 Å². The largest absolute Gasteiger partial charge is 0.396 e. The normalized spacial score (nSPS) is 12.1. The molecule has 0 heterocycles. The Hall–Kier alpha value is -0.410. The topological polar surface area (TPSA) is 40.5 Å². The molecule has 0 rings (SSSR count). The molecule has 0 spiro atoms. The van der Waals surface area contributed by atoms with E-state index >= 15 is 0 Å². The number of hydrogen-bond donors (Lipinski definition) is 1. The summed E-state index contributed by atoms with van der Waals surface area (Å²) in [6, 6.07) is 0. The zero-order chi connectivity index (χ0) is 11.9. The molecule has 0 saturated carbocycles. The van der Waals surface area contributed by atoms with E-state index in [0.29, 0.717) is 0 Å². The van der Waals surface area contributed by atoms with Crippen LogP contribution in [0.1, 0.15) is 40.0 Å². The van der Waals surface area contributed by atoms with Crippen LogP contribution in [0.15, 0.2) is 0 Å². The van der Waals surface area contributed by atoms with Crippen LogP contribution in [0, 0.1) is 5.41 Å². The second-order valence-electron chi connectivity index (χ2n) is 4.96. The standard InChI is InChI=1S/C12H25NO2/c1-11(15)12(2,3)10-13(4)8-6-5-7-9-14/h14H,5-10H2,1-4H3. The van der Waals surface area contributed by atoms with Gasteiger partial charge in [-0.15, -0.1) is 0 Å². The summed E-state index contributed by atoms with van der Waals surface area (Å²) in [7, 11) is 2.05. The molecule has 0 radical (unpaired) electrons. The second kappa shape index (κ2) is 6.96. The van der Waals surface area contributed by atoms with Gasteiger partial charge >= 0.3 is 0 Å². The maximum atomic E-state index is 11.3. The third-order valence-corrected chi connectivity index (χ3v) is 2.82. The molecule has 0 aromatic rings. The zero-order valence-electron chi connectivity index (χ0n) is 10.5. The minimum absolute atomic E-state index is 0.240. The first-order chi connectivity index (χ1) is 6.90. The number of rotatable bonds is 8. The molecule has 0 atom stereocenters. The van der Waals surface area contributed by atoms with Crippen molar-refractivity contribution >= 4 is 5.78 Å². The Kier molecular flexibility index (Phi) is 6.77. The average molecular weight is 215 g/mol. The molecule has 90 valence electrons. The second-order valence-corrected chi connectivity index (χ2v) is 4.96. The van der Waals surface area contributed by atoms with Gasteiger partial charge < -0.3 is 10.0 Å². The Balaban J connectivity index is 3.73. The Bertz CT molecular complexity index is 190. The average Bonchev–Trinajstić information content (AvgIpc) is 2.11. The van der Waals surface area contributed by atoms with Crippen molar-refractivity contribution in [3.8, 4) is 0 Å². The summed E-state index contributed by atoms with van der Waals surface area (Å²) in [5, 5.41) is 8.63. The van der Waals surface area contributed by atoms with Crippen LogP contribution in [0.25, 0.3) is 0 Å². The lowest BCUT2D eigenvalue weighted by Crippen LogP contribution is -2.36. The molecule has 0 aliphatic heterocycles. The third-order valence-electron chi connectivity index (χ3n) is 2.82. The van der Waals surface area contributed by atoms with E-state index in [1.807, 2.05) is 20.9 Å². The van der Waals surface area contributed by atoms with Crippen molar-refractivity contribution in [1.29, 1.82) is 0 Å². The first kappa shape index (κ1) is 14.6. The highest BCUT2D eigenvalue weighted by atomic mass is 16.2. The molecule has 3 nitrogen and oxygen atoms in total. The van der Waals surface area contributed by atoms with Crippen molar-refractivity contribution in [2.75, 3.05) is 26.7 Å². The van der Waals surface area contributed by atoms with Crippen molar-refractivity contribution in [2.45, 2.75) is 40.0 Å². The van der Waals surface area contributed by atoms with Gasteiger partial charge in [0.1, 0.15) is 5.78 Å². The van der Waals surface area contributed by atoms with Gasteiger partial charge in [0.2, 0.25) is 0 Å². The van der Waals surface area contributed by atoms with Crippen LogP contribution in [-0.2, 0) is 4.79 Å². The fourth-order valence-corrected chi connectivity index (χ4v) is 1.54. The molecule has 15 heavy (non-hydrogen) atoms. The number of Topliss-reactive ketones (excluding diaryl/α,β-unsaturated/α-hetero) is 1. The third kappa shape index (κ3) is 6.63. The summed E-state index contributed by atoms with van der Waals surface area (Å²) < 4.78 is 0. The zero-order valence-corrected chi connectivity index (χ0v) is 10.5. The Morgan fingerprint density at radius 3 is 2.33 bits per heavy atom. The van der Waals surface area contributed by atoms with Crippen LogP contribution >= 0.6 is 0 Å². The summed E-state index contributed by atoms with van der Waals surface area (Å²) in [6.07, 6.45) is 3.02. The minimum Gasteiger partial charge on any atom is -0.396 e. The van der Waals surface area contributed by atoms with E-state index in [1.165, 1.54) is 0 Å². The number of aliphatic hydroxyl groups excluding tert-OH is 1. The summed E-state index contributed by atoms with van der Waals surface area (Å²) in [4.78, 5) is 13.5. The number of carbonyl (C=O) groups excluding carboxylic acids is 1. The van der Waals surface area contributed by atoms with E-state index in [1.54, 1.807) is 6.92 Å². The fraction of sp³-hybridized carbons (Fsp3) is 0.917. The summed E-state index contributed by atoms with van der Waals surface area (Å²) in [5.41, 5.74) is -0.244. The SMILES string of the molecule is CC(=O)C(C)(C)CN(C)CCCCCO. The number of hydrogen-bond acceptors (Lipinski definition) is 3. The highest BCUT2D eigenvalue weighted by Gasteiger charge is 2.24. The molecule has 0 amide bonds. The van der Waals surface area contributed by atoms with Crippen LogP contribution in [-0.4, -0.2) is 42.5 Å². The lowest BCUT2D eigenvalue weighted by molar-refractivity contribution is -0.125. The van der Waals surface area contributed by atoms with Crippen molar-refractivity contribution in [3.05, 3.63) is 0 Å². The summed E-state index contributed by atoms with van der Waals surface area (Å²) in [5.74, 6) is 0.240. The molecular formula is C12H25NO2. The number of unbranched alkanes of at least 4 members (excludes halogenated alkanes) is 2. The first-order valence-corrected chi connectivity index (χ1v) is 5.70. The maximum absolute atomic E-state index is 11.3. The Morgan fingerprint density at radius 1 is 1.27 bits per heavy atom. The van der Waals surface area contributed by atoms with Crippen LogP contribution in [0.4, 0.5) is 0 Å². The molecule has 0 aliphatic carbocycles. The molecule has 0 saturated heterocycles. The molecule has 0 aromatic carbocycles. The van der Waals surface area contributed by atoms with Gasteiger partial charge in [0, 0.05) is 18.6 Å². The fourth-order valence-electron chi connectivity index (χ4n) is 1.54. The Morgan fingerprint density at radius 2 is 1.87 bits per heavy atom. The van der Waals surface area contributed by atoms with Crippen molar-refractivity contribution < 1.29 is 9.90 Å².